The number of rotatable bonds is 5. The summed E-state index contributed by atoms with van der Waals surface area (Å²) in [5, 5.41) is 2.88. The third-order valence-corrected chi connectivity index (χ3v) is 2.82. The molecule has 2 rings (SSSR count). The Bertz CT molecular complexity index is 548. The minimum Gasteiger partial charge on any atom is -0.397 e. The predicted octanol–water partition coefficient (Wildman–Crippen LogP) is 1.81. The van der Waals surface area contributed by atoms with Gasteiger partial charge in [0.25, 0.3) is 5.91 Å². The molecule has 0 bridgehead atoms. The summed E-state index contributed by atoms with van der Waals surface area (Å²) in [4.78, 5) is 16.1. The Morgan fingerprint density at radius 1 is 1.42 bits per heavy atom. The third-order valence-electron chi connectivity index (χ3n) is 2.82. The molecule has 0 saturated carbocycles. The van der Waals surface area contributed by atoms with E-state index in [0.29, 0.717) is 17.9 Å². The van der Waals surface area contributed by atoms with Crippen molar-refractivity contribution < 1.29 is 4.79 Å². The fourth-order valence-electron chi connectivity index (χ4n) is 1.92. The Hall–Kier alpha value is -2.30. The van der Waals surface area contributed by atoms with Crippen molar-refractivity contribution in [3.05, 3.63) is 48.0 Å². The van der Waals surface area contributed by atoms with E-state index in [4.69, 9.17) is 5.73 Å². The van der Waals surface area contributed by atoms with E-state index in [9.17, 15) is 4.79 Å². The molecule has 100 valence electrons. The second kappa shape index (κ2) is 6.04. The Morgan fingerprint density at radius 3 is 2.84 bits per heavy atom. The van der Waals surface area contributed by atoms with Gasteiger partial charge in [-0.3, -0.25) is 9.78 Å². The number of nitrogens with two attached hydrogens (primary N) is 1. The molecule has 0 aliphatic carbocycles. The summed E-state index contributed by atoms with van der Waals surface area (Å²) in [6.07, 6.45) is 6.17. The number of carbonyl (C=O) groups is 1. The van der Waals surface area contributed by atoms with Crippen LogP contribution in [0.15, 0.2) is 36.8 Å². The van der Waals surface area contributed by atoms with Gasteiger partial charge in [-0.1, -0.05) is 6.92 Å². The first-order valence-corrected chi connectivity index (χ1v) is 6.33. The van der Waals surface area contributed by atoms with Crippen molar-refractivity contribution in [1.82, 2.24) is 14.9 Å². The fourth-order valence-corrected chi connectivity index (χ4v) is 1.92. The highest BCUT2D eigenvalue weighted by molar-refractivity contribution is 5.93. The molecule has 0 fully saturated rings. The highest BCUT2D eigenvalue weighted by atomic mass is 16.1. The highest BCUT2D eigenvalue weighted by Gasteiger charge is 2.12. The van der Waals surface area contributed by atoms with Crippen molar-refractivity contribution in [2.24, 2.45) is 0 Å². The van der Waals surface area contributed by atoms with E-state index in [1.54, 1.807) is 24.7 Å². The first-order valence-electron chi connectivity index (χ1n) is 6.33. The van der Waals surface area contributed by atoms with E-state index in [2.05, 4.69) is 17.2 Å². The second-order valence-electron chi connectivity index (χ2n) is 4.39. The van der Waals surface area contributed by atoms with E-state index in [-0.39, 0.29) is 5.91 Å². The minimum absolute atomic E-state index is 0.109. The van der Waals surface area contributed by atoms with E-state index < -0.39 is 0 Å². The molecule has 5 nitrogen and oxygen atoms in total. The van der Waals surface area contributed by atoms with Crippen LogP contribution in [0, 0.1) is 0 Å². The van der Waals surface area contributed by atoms with E-state index >= 15 is 0 Å². The molecule has 0 atom stereocenters. The minimum atomic E-state index is -0.109. The average molecular weight is 258 g/mol. The number of amides is 1. The van der Waals surface area contributed by atoms with Crippen LogP contribution in [0.3, 0.4) is 0 Å². The number of anilines is 1. The summed E-state index contributed by atoms with van der Waals surface area (Å²) in [6, 6.07) is 5.46. The maximum absolute atomic E-state index is 12.1. The average Bonchev–Trinajstić information content (AvgIpc) is 2.79. The Kier molecular flexibility index (Phi) is 4.18. The summed E-state index contributed by atoms with van der Waals surface area (Å²) in [6.45, 7) is 3.34. The van der Waals surface area contributed by atoms with Crippen molar-refractivity contribution in [2.75, 3.05) is 5.73 Å². The van der Waals surface area contributed by atoms with Gasteiger partial charge in [0, 0.05) is 31.7 Å². The summed E-state index contributed by atoms with van der Waals surface area (Å²) in [7, 11) is 0. The lowest BCUT2D eigenvalue weighted by Crippen LogP contribution is -2.25. The van der Waals surface area contributed by atoms with Crippen LogP contribution in [0.1, 0.15) is 29.4 Å². The Labute approximate surface area is 112 Å². The lowest BCUT2D eigenvalue weighted by atomic mass is 10.2. The first-order chi connectivity index (χ1) is 9.20. The van der Waals surface area contributed by atoms with E-state index in [0.717, 1.165) is 18.5 Å². The zero-order valence-electron chi connectivity index (χ0n) is 11.0. The SMILES string of the molecule is CCCn1cc(N)cc1C(=O)NCc1ccncc1. The van der Waals surface area contributed by atoms with Crippen molar-refractivity contribution in [3.8, 4) is 0 Å². The highest BCUT2D eigenvalue weighted by Crippen LogP contribution is 2.11. The summed E-state index contributed by atoms with van der Waals surface area (Å²) in [5.74, 6) is -0.109. The normalized spacial score (nSPS) is 10.4. The van der Waals surface area contributed by atoms with Crippen LogP contribution in [0.2, 0.25) is 0 Å². The standard InChI is InChI=1S/C14H18N4O/c1-2-7-18-10-12(15)8-13(18)14(19)17-9-11-3-5-16-6-4-11/h3-6,8,10H,2,7,9,15H2,1H3,(H,17,19). The van der Waals surface area contributed by atoms with Crippen LogP contribution in [0.4, 0.5) is 5.69 Å². The number of nitrogens with one attached hydrogen (secondary N) is 1. The molecule has 1 amide bonds. The number of hydrogen-bond donors (Lipinski definition) is 2. The molecular weight excluding hydrogens is 240 g/mol. The van der Waals surface area contributed by atoms with Gasteiger partial charge in [0.1, 0.15) is 5.69 Å². The van der Waals surface area contributed by atoms with Gasteiger partial charge >= 0.3 is 0 Å². The molecule has 0 radical (unpaired) electrons. The molecule has 0 aliphatic heterocycles. The Balaban J connectivity index is 2.03. The fraction of sp³-hybridized carbons (Fsp3) is 0.286. The molecule has 0 aromatic carbocycles. The van der Waals surface area contributed by atoms with Crippen LogP contribution >= 0.6 is 0 Å². The molecule has 2 aromatic heterocycles. The van der Waals surface area contributed by atoms with Gasteiger partial charge < -0.3 is 15.6 Å². The lowest BCUT2D eigenvalue weighted by molar-refractivity contribution is 0.0941. The van der Waals surface area contributed by atoms with Crippen LogP contribution in [0.25, 0.3) is 0 Å². The first kappa shape index (κ1) is 13.1. The smallest absolute Gasteiger partial charge is 0.268 e. The zero-order valence-corrected chi connectivity index (χ0v) is 11.0. The maximum Gasteiger partial charge on any atom is 0.268 e. The summed E-state index contributed by atoms with van der Waals surface area (Å²) in [5.41, 5.74) is 7.98. The molecule has 0 unspecified atom stereocenters. The number of nitrogen functional groups attached to an aromatic ring is 1. The van der Waals surface area contributed by atoms with Crippen molar-refractivity contribution in [1.29, 1.82) is 0 Å². The van der Waals surface area contributed by atoms with Gasteiger partial charge in [0.05, 0.1) is 5.69 Å². The van der Waals surface area contributed by atoms with Gasteiger partial charge in [0.15, 0.2) is 0 Å². The lowest BCUT2D eigenvalue weighted by Gasteiger charge is -2.08. The molecular formula is C14H18N4O. The van der Waals surface area contributed by atoms with Gasteiger partial charge in [-0.05, 0) is 30.2 Å². The predicted molar refractivity (Wildman–Crippen MR) is 74.5 cm³/mol. The topological polar surface area (TPSA) is 72.9 Å². The quantitative estimate of drug-likeness (QED) is 0.859. The Morgan fingerprint density at radius 2 is 2.16 bits per heavy atom. The van der Waals surface area contributed by atoms with Gasteiger partial charge in [-0.15, -0.1) is 0 Å². The number of hydrogen-bond acceptors (Lipinski definition) is 3. The second-order valence-corrected chi connectivity index (χ2v) is 4.39. The van der Waals surface area contributed by atoms with Crippen molar-refractivity contribution >= 4 is 11.6 Å². The monoisotopic (exact) mass is 258 g/mol. The summed E-state index contributed by atoms with van der Waals surface area (Å²) < 4.78 is 1.89. The van der Waals surface area contributed by atoms with Crippen molar-refractivity contribution in [3.63, 3.8) is 0 Å². The number of aryl methyl sites for hydroxylation is 1. The van der Waals surface area contributed by atoms with E-state index in [1.807, 2.05) is 16.7 Å². The van der Waals surface area contributed by atoms with Crippen LogP contribution in [-0.2, 0) is 13.1 Å². The largest absolute Gasteiger partial charge is 0.397 e. The van der Waals surface area contributed by atoms with Gasteiger partial charge in [0.2, 0.25) is 0 Å². The molecule has 3 N–H and O–H groups in total. The molecule has 2 aromatic rings. The van der Waals surface area contributed by atoms with Gasteiger partial charge in [-0.25, -0.2) is 0 Å². The molecule has 0 spiro atoms. The number of carbonyl (C=O) groups excluding carboxylic acids is 1. The molecule has 19 heavy (non-hydrogen) atoms. The number of aromatic nitrogens is 2. The van der Waals surface area contributed by atoms with E-state index in [1.165, 1.54) is 0 Å². The molecule has 0 saturated heterocycles. The summed E-state index contributed by atoms with van der Waals surface area (Å²) >= 11 is 0. The van der Waals surface area contributed by atoms with Crippen LogP contribution in [0.5, 0.6) is 0 Å². The van der Waals surface area contributed by atoms with Crippen LogP contribution < -0.4 is 11.1 Å². The van der Waals surface area contributed by atoms with Gasteiger partial charge in [-0.2, -0.15) is 0 Å². The third kappa shape index (κ3) is 3.34. The number of nitrogens with zero attached hydrogens (tertiary/aromatic N) is 2. The molecule has 0 aliphatic rings. The zero-order chi connectivity index (χ0) is 13.7. The molecule has 5 heteroatoms. The number of pyridine rings is 1. The van der Waals surface area contributed by atoms with Crippen LogP contribution in [-0.4, -0.2) is 15.5 Å². The molecule has 2 heterocycles. The maximum atomic E-state index is 12.1. The van der Waals surface area contributed by atoms with Crippen molar-refractivity contribution in [2.45, 2.75) is 26.4 Å².